The molecule has 0 fully saturated rings. The van der Waals surface area contributed by atoms with Gasteiger partial charge in [-0.3, -0.25) is 4.68 Å². The SMILES string of the molecule is CCNC(Cc1c(Br)c(C)nn1C)c1cc(Br)ccc1C. The molecule has 0 saturated heterocycles. The number of benzene rings is 1. The third kappa shape index (κ3) is 3.76. The molecular weight excluding hydrogens is 394 g/mol. The summed E-state index contributed by atoms with van der Waals surface area (Å²) in [4.78, 5) is 0. The molecule has 1 N–H and O–H groups in total. The predicted octanol–water partition coefficient (Wildman–Crippen LogP) is 4.46. The second-order valence-electron chi connectivity index (χ2n) is 5.28. The molecule has 0 bridgehead atoms. The average Bonchev–Trinajstić information content (AvgIpc) is 2.67. The number of aromatic nitrogens is 2. The Morgan fingerprint density at radius 3 is 2.57 bits per heavy atom. The zero-order valence-corrected chi connectivity index (χ0v) is 16.0. The lowest BCUT2D eigenvalue weighted by atomic mass is 9.97. The van der Waals surface area contributed by atoms with Crippen molar-refractivity contribution >= 4 is 31.9 Å². The Morgan fingerprint density at radius 1 is 1.29 bits per heavy atom. The highest BCUT2D eigenvalue weighted by atomic mass is 79.9. The Hall–Kier alpha value is -0.650. The van der Waals surface area contributed by atoms with E-state index in [0.717, 1.165) is 27.6 Å². The summed E-state index contributed by atoms with van der Waals surface area (Å²) in [5, 5.41) is 8.09. The van der Waals surface area contributed by atoms with E-state index < -0.39 is 0 Å². The summed E-state index contributed by atoms with van der Waals surface area (Å²) in [5.41, 5.74) is 4.89. The molecule has 1 aromatic carbocycles. The fourth-order valence-electron chi connectivity index (χ4n) is 2.62. The lowest BCUT2D eigenvalue weighted by Gasteiger charge is -2.21. The summed E-state index contributed by atoms with van der Waals surface area (Å²) in [6.45, 7) is 7.27. The number of hydrogen-bond acceptors (Lipinski definition) is 2. The van der Waals surface area contributed by atoms with Crippen molar-refractivity contribution in [3.8, 4) is 0 Å². The molecule has 2 aromatic rings. The van der Waals surface area contributed by atoms with Crippen molar-refractivity contribution in [1.82, 2.24) is 15.1 Å². The Bertz CT molecular complexity index is 635. The van der Waals surface area contributed by atoms with E-state index in [-0.39, 0.29) is 6.04 Å². The second-order valence-corrected chi connectivity index (χ2v) is 6.99. The summed E-state index contributed by atoms with van der Waals surface area (Å²) in [7, 11) is 2.00. The number of hydrogen-bond donors (Lipinski definition) is 1. The van der Waals surface area contributed by atoms with Crippen molar-refractivity contribution in [1.29, 1.82) is 0 Å². The summed E-state index contributed by atoms with van der Waals surface area (Å²) < 4.78 is 4.20. The first-order chi connectivity index (χ1) is 9.93. The summed E-state index contributed by atoms with van der Waals surface area (Å²) in [5.74, 6) is 0. The second kappa shape index (κ2) is 7.07. The van der Waals surface area contributed by atoms with Crippen LogP contribution < -0.4 is 5.32 Å². The molecule has 1 unspecified atom stereocenters. The topological polar surface area (TPSA) is 29.9 Å². The van der Waals surface area contributed by atoms with Gasteiger partial charge >= 0.3 is 0 Å². The summed E-state index contributed by atoms with van der Waals surface area (Å²) in [6, 6.07) is 6.73. The molecule has 0 aliphatic heterocycles. The van der Waals surface area contributed by atoms with E-state index in [1.54, 1.807) is 0 Å². The van der Waals surface area contributed by atoms with Crippen LogP contribution in [0, 0.1) is 13.8 Å². The normalized spacial score (nSPS) is 12.7. The molecule has 114 valence electrons. The van der Waals surface area contributed by atoms with Crippen LogP contribution in [0.4, 0.5) is 0 Å². The number of likely N-dealkylation sites (N-methyl/N-ethyl adjacent to an activating group) is 1. The van der Waals surface area contributed by atoms with E-state index in [9.17, 15) is 0 Å². The zero-order valence-electron chi connectivity index (χ0n) is 12.9. The van der Waals surface area contributed by atoms with Crippen molar-refractivity contribution in [2.75, 3.05) is 6.54 Å². The monoisotopic (exact) mass is 413 g/mol. The number of halogens is 2. The van der Waals surface area contributed by atoms with Gasteiger partial charge in [-0.2, -0.15) is 5.10 Å². The van der Waals surface area contributed by atoms with Crippen LogP contribution in [0.1, 0.15) is 35.5 Å². The molecule has 1 heterocycles. The van der Waals surface area contributed by atoms with Gasteiger partial charge in [0, 0.05) is 24.0 Å². The molecule has 2 rings (SSSR count). The third-order valence-corrected chi connectivity index (χ3v) is 5.25. The minimum absolute atomic E-state index is 0.276. The van der Waals surface area contributed by atoms with Crippen molar-refractivity contribution in [2.45, 2.75) is 33.2 Å². The van der Waals surface area contributed by atoms with Crippen LogP contribution >= 0.6 is 31.9 Å². The Kier molecular flexibility index (Phi) is 5.63. The quantitative estimate of drug-likeness (QED) is 0.782. The summed E-state index contributed by atoms with van der Waals surface area (Å²) >= 11 is 7.25. The van der Waals surface area contributed by atoms with Crippen LogP contribution in [0.2, 0.25) is 0 Å². The Labute approximate surface area is 143 Å². The van der Waals surface area contributed by atoms with Crippen molar-refractivity contribution in [2.24, 2.45) is 7.05 Å². The fourth-order valence-corrected chi connectivity index (χ4v) is 3.50. The number of nitrogens with one attached hydrogen (secondary N) is 1. The van der Waals surface area contributed by atoms with Gasteiger partial charge in [0.25, 0.3) is 0 Å². The smallest absolute Gasteiger partial charge is 0.0738 e. The van der Waals surface area contributed by atoms with Crippen molar-refractivity contribution in [3.05, 3.63) is 49.7 Å². The maximum absolute atomic E-state index is 4.49. The molecular formula is C16H21Br2N3. The highest BCUT2D eigenvalue weighted by molar-refractivity contribution is 9.10. The molecule has 3 nitrogen and oxygen atoms in total. The number of nitrogens with zero attached hydrogens (tertiary/aromatic N) is 2. The van der Waals surface area contributed by atoms with Crippen LogP contribution in [0.15, 0.2) is 27.1 Å². The maximum atomic E-state index is 4.49. The van der Waals surface area contributed by atoms with Gasteiger partial charge in [0.2, 0.25) is 0 Å². The lowest BCUT2D eigenvalue weighted by Crippen LogP contribution is -2.24. The van der Waals surface area contributed by atoms with E-state index in [4.69, 9.17) is 0 Å². The van der Waals surface area contributed by atoms with Crippen molar-refractivity contribution in [3.63, 3.8) is 0 Å². The molecule has 21 heavy (non-hydrogen) atoms. The van der Waals surface area contributed by atoms with Crippen LogP contribution in [0.3, 0.4) is 0 Å². The van der Waals surface area contributed by atoms with Gasteiger partial charge < -0.3 is 5.32 Å². The molecule has 0 saturated carbocycles. The van der Waals surface area contributed by atoms with E-state index in [1.165, 1.54) is 16.8 Å². The van der Waals surface area contributed by atoms with Crippen LogP contribution in [-0.2, 0) is 13.5 Å². The highest BCUT2D eigenvalue weighted by Gasteiger charge is 2.19. The van der Waals surface area contributed by atoms with Crippen LogP contribution in [0.5, 0.6) is 0 Å². The number of rotatable bonds is 5. The van der Waals surface area contributed by atoms with E-state index in [1.807, 2.05) is 18.7 Å². The first kappa shape index (κ1) is 16.7. The molecule has 0 spiro atoms. The third-order valence-electron chi connectivity index (χ3n) is 3.73. The fraction of sp³-hybridized carbons (Fsp3) is 0.438. The van der Waals surface area contributed by atoms with Crippen molar-refractivity contribution < 1.29 is 0 Å². The van der Waals surface area contributed by atoms with Gasteiger partial charge in [-0.15, -0.1) is 0 Å². The Morgan fingerprint density at radius 2 is 2.00 bits per heavy atom. The van der Waals surface area contributed by atoms with Gasteiger partial charge in [0.05, 0.1) is 15.9 Å². The van der Waals surface area contributed by atoms with Crippen LogP contribution in [0.25, 0.3) is 0 Å². The standard InChI is InChI=1S/C16H21Br2N3/c1-5-19-14(13-8-12(17)7-6-10(13)2)9-15-16(18)11(3)20-21(15)4/h6-8,14,19H,5,9H2,1-4H3. The van der Waals surface area contributed by atoms with E-state index in [0.29, 0.717) is 0 Å². The molecule has 0 aliphatic rings. The minimum Gasteiger partial charge on any atom is -0.310 e. The predicted molar refractivity (Wildman–Crippen MR) is 94.6 cm³/mol. The molecule has 5 heteroatoms. The zero-order chi connectivity index (χ0) is 15.6. The molecule has 0 radical (unpaired) electrons. The lowest BCUT2D eigenvalue weighted by molar-refractivity contribution is 0.525. The largest absolute Gasteiger partial charge is 0.310 e. The first-order valence-electron chi connectivity index (χ1n) is 7.11. The molecule has 1 aromatic heterocycles. The molecule has 0 amide bonds. The van der Waals surface area contributed by atoms with Gasteiger partial charge in [-0.05, 0) is 59.6 Å². The van der Waals surface area contributed by atoms with E-state index >= 15 is 0 Å². The van der Waals surface area contributed by atoms with E-state index in [2.05, 4.69) is 74.3 Å². The van der Waals surface area contributed by atoms with Gasteiger partial charge in [-0.1, -0.05) is 28.9 Å². The van der Waals surface area contributed by atoms with Crippen LogP contribution in [-0.4, -0.2) is 16.3 Å². The highest BCUT2D eigenvalue weighted by Crippen LogP contribution is 2.29. The molecule has 1 atom stereocenters. The minimum atomic E-state index is 0.276. The number of aryl methyl sites for hydroxylation is 3. The summed E-state index contributed by atoms with van der Waals surface area (Å²) in [6.07, 6.45) is 0.906. The molecule has 0 aliphatic carbocycles. The average molecular weight is 415 g/mol. The maximum Gasteiger partial charge on any atom is 0.0738 e. The Balaban J connectivity index is 2.37. The van der Waals surface area contributed by atoms with Gasteiger partial charge in [0.15, 0.2) is 0 Å². The van der Waals surface area contributed by atoms with Gasteiger partial charge in [0.1, 0.15) is 0 Å². The van der Waals surface area contributed by atoms with Gasteiger partial charge in [-0.25, -0.2) is 0 Å². The first-order valence-corrected chi connectivity index (χ1v) is 8.70.